The molecule has 3 aliphatic rings. The standard InChI is InChI=1S/C34H23ClFNO4/c1-41-24-9-5-7-21(18-24)31(38)30-29(20-6-4-8-22(35)16-20)34(32(39)25-10-2-3-11-26(25)33(34)40)28-15-12-19-17-23(36)13-14-27(19)37(28)30/h2-18,28-30H,1H3/t28-,29-,30-/m0/s1. The number of rotatable bonds is 4. The molecule has 7 heteroatoms. The quantitative estimate of drug-likeness (QED) is 0.202. The maximum atomic E-state index is 14.7. The number of carbonyl (C=O) groups is 3. The highest BCUT2D eigenvalue weighted by atomic mass is 35.5. The van der Waals surface area contributed by atoms with Crippen molar-refractivity contribution >= 4 is 40.7 Å². The predicted octanol–water partition coefficient (Wildman–Crippen LogP) is 6.80. The Balaban J connectivity index is 1.55. The molecule has 4 aromatic carbocycles. The lowest BCUT2D eigenvalue weighted by molar-refractivity contribution is 0.0666. The summed E-state index contributed by atoms with van der Waals surface area (Å²) in [5.41, 5.74) is 1.10. The minimum atomic E-state index is -1.66. The molecule has 4 aromatic rings. The average molecular weight is 564 g/mol. The summed E-state index contributed by atoms with van der Waals surface area (Å²) in [5.74, 6) is -1.80. The molecular formula is C34H23ClFNO4. The summed E-state index contributed by atoms with van der Waals surface area (Å²) in [6.45, 7) is 0. The van der Waals surface area contributed by atoms with E-state index in [0.29, 0.717) is 44.3 Å². The van der Waals surface area contributed by atoms with E-state index >= 15 is 0 Å². The minimum Gasteiger partial charge on any atom is -0.497 e. The van der Waals surface area contributed by atoms with E-state index in [1.807, 2.05) is 4.90 Å². The van der Waals surface area contributed by atoms with Crippen molar-refractivity contribution in [3.8, 4) is 5.75 Å². The molecule has 5 nitrogen and oxygen atoms in total. The van der Waals surface area contributed by atoms with Crippen molar-refractivity contribution in [2.75, 3.05) is 12.0 Å². The molecule has 0 unspecified atom stereocenters. The number of Topliss-reactive ketones (excluding diaryl/α,β-unsaturated/α-hetero) is 3. The summed E-state index contributed by atoms with van der Waals surface area (Å²) in [4.78, 5) is 45.8. The van der Waals surface area contributed by atoms with Crippen LogP contribution in [-0.4, -0.2) is 36.5 Å². The zero-order valence-electron chi connectivity index (χ0n) is 21.9. The van der Waals surface area contributed by atoms with Gasteiger partial charge in [-0.1, -0.05) is 72.3 Å². The molecule has 7 rings (SSSR count). The van der Waals surface area contributed by atoms with Crippen LogP contribution in [-0.2, 0) is 0 Å². The SMILES string of the molecule is COc1cccc(C(=O)[C@@H]2[C@H](c3cccc(Cl)c3)C3(C(=O)c4ccccc4C3=O)[C@@H]3C=Cc4cc(F)ccc4N23)c1. The molecule has 0 saturated carbocycles. The molecule has 1 spiro atoms. The van der Waals surface area contributed by atoms with Crippen molar-refractivity contribution in [3.05, 3.63) is 136 Å². The van der Waals surface area contributed by atoms with Gasteiger partial charge in [-0.3, -0.25) is 14.4 Å². The van der Waals surface area contributed by atoms with Gasteiger partial charge in [-0.15, -0.1) is 0 Å². The molecule has 1 saturated heterocycles. The van der Waals surface area contributed by atoms with Crippen molar-refractivity contribution in [3.63, 3.8) is 0 Å². The Bertz CT molecular complexity index is 1780. The number of methoxy groups -OCH3 is 1. The second-order valence-corrected chi connectivity index (χ2v) is 11.0. The fourth-order valence-electron chi connectivity index (χ4n) is 6.97. The van der Waals surface area contributed by atoms with E-state index in [2.05, 4.69) is 0 Å². The monoisotopic (exact) mass is 563 g/mol. The molecule has 0 radical (unpaired) electrons. The largest absolute Gasteiger partial charge is 0.497 e. The Labute approximate surface area is 240 Å². The number of hydrogen-bond acceptors (Lipinski definition) is 5. The van der Waals surface area contributed by atoms with E-state index in [0.717, 1.165) is 0 Å². The second-order valence-electron chi connectivity index (χ2n) is 10.6. The van der Waals surface area contributed by atoms with Gasteiger partial charge in [-0.2, -0.15) is 0 Å². The fraction of sp³-hybridized carbons (Fsp3) is 0.147. The van der Waals surface area contributed by atoms with Crippen LogP contribution >= 0.6 is 11.6 Å². The van der Waals surface area contributed by atoms with Gasteiger partial charge in [-0.25, -0.2) is 4.39 Å². The molecule has 1 aliphatic carbocycles. The van der Waals surface area contributed by atoms with E-state index in [1.165, 1.54) is 19.2 Å². The van der Waals surface area contributed by atoms with Gasteiger partial charge >= 0.3 is 0 Å². The summed E-state index contributed by atoms with van der Waals surface area (Å²) >= 11 is 6.47. The Kier molecular flexibility index (Phi) is 5.73. The lowest BCUT2D eigenvalue weighted by Crippen LogP contribution is -2.48. The number of hydrogen-bond donors (Lipinski definition) is 0. The highest BCUT2D eigenvalue weighted by Crippen LogP contribution is 2.61. The van der Waals surface area contributed by atoms with Gasteiger partial charge in [0.2, 0.25) is 0 Å². The average Bonchev–Trinajstić information content (AvgIpc) is 3.42. The lowest BCUT2D eigenvalue weighted by Gasteiger charge is -2.37. The first-order chi connectivity index (χ1) is 19.9. The number of benzene rings is 4. The van der Waals surface area contributed by atoms with Crippen LogP contribution in [0.2, 0.25) is 5.02 Å². The van der Waals surface area contributed by atoms with Crippen molar-refractivity contribution in [1.29, 1.82) is 0 Å². The molecule has 202 valence electrons. The van der Waals surface area contributed by atoms with Gasteiger partial charge in [0.25, 0.3) is 0 Å². The summed E-state index contributed by atoms with van der Waals surface area (Å²) in [6.07, 6.45) is 3.50. The highest BCUT2D eigenvalue weighted by Gasteiger charge is 2.71. The number of halogens is 2. The number of anilines is 1. The van der Waals surface area contributed by atoms with E-state index in [1.54, 1.807) is 91.0 Å². The fourth-order valence-corrected chi connectivity index (χ4v) is 7.17. The first-order valence-corrected chi connectivity index (χ1v) is 13.6. The van der Waals surface area contributed by atoms with Gasteiger partial charge in [0, 0.05) is 38.9 Å². The molecule has 1 fully saturated rings. The van der Waals surface area contributed by atoms with Crippen molar-refractivity contribution in [2.24, 2.45) is 5.41 Å². The van der Waals surface area contributed by atoms with Crippen LogP contribution in [0.25, 0.3) is 6.08 Å². The van der Waals surface area contributed by atoms with E-state index < -0.39 is 29.2 Å². The summed E-state index contributed by atoms with van der Waals surface area (Å²) < 4.78 is 19.8. The predicted molar refractivity (Wildman–Crippen MR) is 155 cm³/mol. The second kappa shape index (κ2) is 9.25. The maximum Gasteiger partial charge on any atom is 0.186 e. The van der Waals surface area contributed by atoms with Gasteiger partial charge < -0.3 is 9.64 Å². The molecule has 41 heavy (non-hydrogen) atoms. The number of carbonyl (C=O) groups excluding carboxylic acids is 3. The highest BCUT2D eigenvalue weighted by molar-refractivity contribution is 6.33. The summed E-state index contributed by atoms with van der Waals surface area (Å²) in [7, 11) is 1.52. The minimum absolute atomic E-state index is 0.294. The van der Waals surface area contributed by atoms with E-state index in [4.69, 9.17) is 16.3 Å². The van der Waals surface area contributed by atoms with Gasteiger partial charge in [-0.05, 0) is 48.0 Å². The molecule has 0 N–H and O–H groups in total. The smallest absolute Gasteiger partial charge is 0.186 e. The van der Waals surface area contributed by atoms with Crippen LogP contribution < -0.4 is 9.64 Å². The number of nitrogens with zero attached hydrogens (tertiary/aromatic N) is 1. The third kappa shape index (κ3) is 3.50. The lowest BCUT2D eigenvalue weighted by atomic mass is 9.64. The zero-order valence-corrected chi connectivity index (χ0v) is 22.6. The van der Waals surface area contributed by atoms with Crippen molar-refractivity contribution < 1.29 is 23.5 Å². The third-order valence-corrected chi connectivity index (χ3v) is 8.83. The first kappa shape index (κ1) is 25.4. The van der Waals surface area contributed by atoms with Crippen LogP contribution in [0.15, 0.2) is 97.1 Å². The normalized spacial score (nSPS) is 21.5. The van der Waals surface area contributed by atoms with Gasteiger partial charge in [0.05, 0.1) is 13.2 Å². The Hall–Kier alpha value is -4.55. The topological polar surface area (TPSA) is 63.7 Å². The molecule has 0 bridgehead atoms. The Morgan fingerprint density at radius 1 is 0.902 bits per heavy atom. The third-order valence-electron chi connectivity index (χ3n) is 8.60. The number of ketones is 3. The maximum absolute atomic E-state index is 14.7. The molecule has 2 heterocycles. The molecular weight excluding hydrogens is 541 g/mol. The first-order valence-electron chi connectivity index (χ1n) is 13.2. The summed E-state index contributed by atoms with van der Waals surface area (Å²) in [6, 6.07) is 23.1. The van der Waals surface area contributed by atoms with Crippen molar-refractivity contribution in [2.45, 2.75) is 18.0 Å². The van der Waals surface area contributed by atoms with Crippen LogP contribution in [0, 0.1) is 11.2 Å². The Morgan fingerprint density at radius 2 is 1.63 bits per heavy atom. The molecule has 2 aliphatic heterocycles. The van der Waals surface area contributed by atoms with Gasteiger partial charge in [0.1, 0.15) is 23.0 Å². The van der Waals surface area contributed by atoms with E-state index in [9.17, 15) is 18.8 Å². The molecule has 0 amide bonds. The van der Waals surface area contributed by atoms with Crippen LogP contribution in [0.3, 0.4) is 0 Å². The number of ether oxygens (including phenoxy) is 1. The number of fused-ring (bicyclic) bond motifs is 5. The van der Waals surface area contributed by atoms with Crippen LogP contribution in [0.1, 0.15) is 48.1 Å². The Morgan fingerprint density at radius 3 is 2.34 bits per heavy atom. The zero-order chi connectivity index (χ0) is 28.5. The molecule has 0 aromatic heterocycles. The van der Waals surface area contributed by atoms with Crippen molar-refractivity contribution in [1.82, 2.24) is 0 Å². The molecule has 3 atom stereocenters. The van der Waals surface area contributed by atoms with E-state index in [-0.39, 0.29) is 17.3 Å². The summed E-state index contributed by atoms with van der Waals surface area (Å²) in [5, 5.41) is 0.420. The van der Waals surface area contributed by atoms with Crippen LogP contribution in [0.5, 0.6) is 5.75 Å². The van der Waals surface area contributed by atoms with Gasteiger partial charge in [0.15, 0.2) is 17.3 Å². The van der Waals surface area contributed by atoms with Crippen LogP contribution in [0.4, 0.5) is 10.1 Å².